The van der Waals surface area contributed by atoms with E-state index < -0.39 is 0 Å². The SMILES string of the molecule is C=C(CNC(=O)[C@H]1CCCCN1)O/N=C(/c1ccc(CCCCCCCCCC)cc1)C(C)C. The molecule has 34 heavy (non-hydrogen) atoms. The molecule has 1 fully saturated rings. The van der Waals surface area contributed by atoms with Gasteiger partial charge >= 0.3 is 0 Å². The smallest absolute Gasteiger partial charge is 0.237 e. The molecule has 1 heterocycles. The van der Waals surface area contributed by atoms with Gasteiger partial charge < -0.3 is 15.5 Å². The van der Waals surface area contributed by atoms with E-state index in [9.17, 15) is 4.79 Å². The molecule has 1 aliphatic rings. The molecule has 0 aromatic heterocycles. The lowest BCUT2D eigenvalue weighted by atomic mass is 9.97. The Morgan fingerprint density at radius 2 is 1.76 bits per heavy atom. The van der Waals surface area contributed by atoms with Gasteiger partial charge in [-0.2, -0.15) is 0 Å². The first-order chi connectivity index (χ1) is 16.5. The van der Waals surface area contributed by atoms with Crippen LogP contribution in [0.5, 0.6) is 0 Å². The summed E-state index contributed by atoms with van der Waals surface area (Å²) in [4.78, 5) is 17.8. The fourth-order valence-electron chi connectivity index (χ4n) is 4.33. The van der Waals surface area contributed by atoms with E-state index >= 15 is 0 Å². The summed E-state index contributed by atoms with van der Waals surface area (Å²) in [7, 11) is 0. The molecule has 1 saturated heterocycles. The standard InChI is InChI=1S/C29H47N3O2/c1-5-6-7-8-9-10-11-12-15-25-17-19-26(20-18-25)28(23(2)3)32-34-24(4)22-31-29(33)27-16-13-14-21-30-27/h17-20,23,27,30H,4-16,21-22H2,1-3H3,(H,31,33)/b32-28+/t27-/m1/s1. The topological polar surface area (TPSA) is 62.7 Å². The summed E-state index contributed by atoms with van der Waals surface area (Å²) >= 11 is 0. The van der Waals surface area contributed by atoms with Crippen molar-refractivity contribution in [2.24, 2.45) is 11.1 Å². The van der Waals surface area contributed by atoms with Gasteiger partial charge in [0, 0.05) is 0 Å². The van der Waals surface area contributed by atoms with Crippen LogP contribution in [0.25, 0.3) is 0 Å². The normalized spacial score (nSPS) is 16.5. The summed E-state index contributed by atoms with van der Waals surface area (Å²) in [6.45, 7) is 11.6. The van der Waals surface area contributed by atoms with E-state index in [0.29, 0.717) is 5.76 Å². The van der Waals surface area contributed by atoms with Crippen LogP contribution >= 0.6 is 0 Å². The number of carbonyl (C=O) groups excluding carboxylic acids is 1. The number of hydrogen-bond acceptors (Lipinski definition) is 4. The zero-order valence-corrected chi connectivity index (χ0v) is 21.8. The molecular formula is C29H47N3O2. The minimum Gasteiger partial charge on any atom is -0.360 e. The van der Waals surface area contributed by atoms with Gasteiger partial charge in [-0.05, 0) is 49.3 Å². The predicted molar refractivity (Wildman–Crippen MR) is 143 cm³/mol. The number of nitrogens with one attached hydrogen (secondary N) is 2. The third kappa shape index (κ3) is 10.9. The van der Waals surface area contributed by atoms with Crippen LogP contribution in [0.1, 0.15) is 103 Å². The molecular weight excluding hydrogens is 422 g/mol. The van der Waals surface area contributed by atoms with Crippen LogP contribution in [-0.4, -0.2) is 30.8 Å². The van der Waals surface area contributed by atoms with Crippen LogP contribution in [0.4, 0.5) is 0 Å². The number of rotatable bonds is 16. The van der Waals surface area contributed by atoms with Gasteiger partial charge in [0.1, 0.15) is 5.76 Å². The molecule has 0 spiro atoms. The van der Waals surface area contributed by atoms with Crippen molar-refractivity contribution in [3.63, 3.8) is 0 Å². The van der Waals surface area contributed by atoms with Crippen molar-refractivity contribution in [3.05, 3.63) is 47.7 Å². The van der Waals surface area contributed by atoms with Gasteiger partial charge in [0.25, 0.3) is 0 Å². The Morgan fingerprint density at radius 1 is 1.09 bits per heavy atom. The van der Waals surface area contributed by atoms with Crippen molar-refractivity contribution in [1.29, 1.82) is 0 Å². The Bertz CT molecular complexity index is 749. The number of aryl methyl sites for hydroxylation is 1. The third-order valence-corrected chi connectivity index (χ3v) is 6.48. The van der Waals surface area contributed by atoms with Crippen molar-refractivity contribution in [2.75, 3.05) is 13.1 Å². The Hall–Kier alpha value is -2.14. The maximum absolute atomic E-state index is 12.3. The molecule has 1 aromatic rings. The fourth-order valence-corrected chi connectivity index (χ4v) is 4.33. The van der Waals surface area contributed by atoms with E-state index in [4.69, 9.17) is 4.84 Å². The molecule has 2 N–H and O–H groups in total. The zero-order valence-electron chi connectivity index (χ0n) is 21.8. The molecule has 0 saturated carbocycles. The zero-order chi connectivity index (χ0) is 24.6. The number of amides is 1. The average Bonchev–Trinajstić information content (AvgIpc) is 2.85. The molecule has 0 aliphatic carbocycles. The first-order valence-electron chi connectivity index (χ1n) is 13.5. The van der Waals surface area contributed by atoms with Gasteiger partial charge in [0.05, 0.1) is 18.3 Å². The van der Waals surface area contributed by atoms with E-state index in [-0.39, 0.29) is 24.4 Å². The highest BCUT2D eigenvalue weighted by Crippen LogP contribution is 2.16. The van der Waals surface area contributed by atoms with Crippen molar-refractivity contribution >= 4 is 11.6 Å². The first kappa shape index (κ1) is 28.1. The van der Waals surface area contributed by atoms with E-state index in [1.165, 1.54) is 56.9 Å². The van der Waals surface area contributed by atoms with Gasteiger partial charge in [-0.25, -0.2) is 0 Å². The van der Waals surface area contributed by atoms with Crippen molar-refractivity contribution in [1.82, 2.24) is 10.6 Å². The molecule has 2 rings (SSSR count). The second-order valence-electron chi connectivity index (χ2n) is 9.90. The quantitative estimate of drug-likeness (QED) is 0.125. The second kappa shape index (κ2) is 16.5. The van der Waals surface area contributed by atoms with Gasteiger partial charge in [-0.1, -0.05) is 108 Å². The van der Waals surface area contributed by atoms with Gasteiger partial charge in [-0.15, -0.1) is 0 Å². The lowest BCUT2D eigenvalue weighted by Crippen LogP contribution is -2.47. The number of unbranched alkanes of at least 4 members (excludes halogenated alkanes) is 7. The number of hydrogen-bond donors (Lipinski definition) is 2. The minimum absolute atomic E-state index is 0.00425. The van der Waals surface area contributed by atoms with Crippen LogP contribution < -0.4 is 10.6 Å². The van der Waals surface area contributed by atoms with Crippen LogP contribution in [-0.2, 0) is 16.1 Å². The molecule has 0 unspecified atom stereocenters. The van der Waals surface area contributed by atoms with Crippen molar-refractivity contribution < 1.29 is 9.63 Å². The molecule has 1 atom stereocenters. The number of carbonyl (C=O) groups is 1. The summed E-state index contributed by atoms with van der Waals surface area (Å²) in [6, 6.07) is 8.59. The Morgan fingerprint density at radius 3 is 2.38 bits per heavy atom. The van der Waals surface area contributed by atoms with Crippen molar-refractivity contribution in [2.45, 2.75) is 104 Å². The number of piperidine rings is 1. The Kier molecular flexibility index (Phi) is 13.6. The maximum Gasteiger partial charge on any atom is 0.237 e. The molecule has 5 heteroatoms. The van der Waals surface area contributed by atoms with E-state index in [1.807, 2.05) is 0 Å². The number of benzene rings is 1. The van der Waals surface area contributed by atoms with Crippen molar-refractivity contribution in [3.8, 4) is 0 Å². The summed E-state index contributed by atoms with van der Waals surface area (Å²) in [6.07, 6.45) is 15.0. The fraction of sp³-hybridized carbons (Fsp3) is 0.655. The lowest BCUT2D eigenvalue weighted by molar-refractivity contribution is -0.123. The second-order valence-corrected chi connectivity index (χ2v) is 9.90. The van der Waals surface area contributed by atoms with Gasteiger partial charge in [-0.3, -0.25) is 4.79 Å². The molecule has 190 valence electrons. The number of nitrogens with zero attached hydrogens (tertiary/aromatic N) is 1. The summed E-state index contributed by atoms with van der Waals surface area (Å²) in [5.41, 5.74) is 3.33. The Balaban J connectivity index is 1.75. The molecule has 0 radical (unpaired) electrons. The van der Waals surface area contributed by atoms with Gasteiger partial charge in [0.15, 0.2) is 0 Å². The largest absolute Gasteiger partial charge is 0.360 e. The van der Waals surface area contributed by atoms with E-state index in [1.54, 1.807) is 0 Å². The van der Waals surface area contributed by atoms with Crippen LogP contribution in [0.15, 0.2) is 41.8 Å². The highest BCUT2D eigenvalue weighted by molar-refractivity contribution is 6.01. The third-order valence-electron chi connectivity index (χ3n) is 6.48. The van der Waals surface area contributed by atoms with Crippen LogP contribution in [0, 0.1) is 5.92 Å². The number of oxime groups is 1. The average molecular weight is 470 g/mol. The van der Waals surface area contributed by atoms with Gasteiger partial charge in [0.2, 0.25) is 5.91 Å². The van der Waals surface area contributed by atoms with Crippen LogP contribution in [0.3, 0.4) is 0 Å². The first-order valence-corrected chi connectivity index (χ1v) is 13.5. The monoisotopic (exact) mass is 469 g/mol. The molecule has 0 bridgehead atoms. The minimum atomic E-state index is -0.111. The van der Waals surface area contributed by atoms with E-state index in [2.05, 4.69) is 67.4 Å². The predicted octanol–water partition coefficient (Wildman–Crippen LogP) is 6.52. The summed E-state index contributed by atoms with van der Waals surface area (Å²) < 4.78 is 0. The van der Waals surface area contributed by atoms with E-state index in [0.717, 1.165) is 43.5 Å². The molecule has 1 aromatic carbocycles. The highest BCUT2D eigenvalue weighted by atomic mass is 16.6. The summed E-state index contributed by atoms with van der Waals surface area (Å²) in [5, 5.41) is 10.5. The lowest BCUT2D eigenvalue weighted by Gasteiger charge is -2.22. The highest BCUT2D eigenvalue weighted by Gasteiger charge is 2.20. The Labute approximate surface area is 207 Å². The molecule has 5 nitrogen and oxygen atoms in total. The molecule has 1 aliphatic heterocycles. The molecule has 1 amide bonds. The van der Waals surface area contributed by atoms with Crippen LogP contribution in [0.2, 0.25) is 0 Å². The maximum atomic E-state index is 12.3. The summed E-state index contributed by atoms with van der Waals surface area (Å²) in [5.74, 6) is 0.658.